The summed E-state index contributed by atoms with van der Waals surface area (Å²) in [6, 6.07) is 2.29. The molecule has 0 aromatic carbocycles. The number of piperidine rings is 1. The summed E-state index contributed by atoms with van der Waals surface area (Å²) in [5.41, 5.74) is 2.61. The molecular formula is C17H29N3. The summed E-state index contributed by atoms with van der Waals surface area (Å²) >= 11 is 0. The summed E-state index contributed by atoms with van der Waals surface area (Å²) in [6.45, 7) is 11.0. The summed E-state index contributed by atoms with van der Waals surface area (Å²) in [4.78, 5) is 7.18. The quantitative estimate of drug-likeness (QED) is 0.805. The Kier molecular flexibility index (Phi) is 5.84. The number of nitrogens with one attached hydrogen (secondary N) is 1. The van der Waals surface area contributed by atoms with E-state index in [9.17, 15) is 0 Å². The molecule has 1 fully saturated rings. The normalized spacial score (nSPS) is 16.6. The van der Waals surface area contributed by atoms with Crippen LogP contribution in [0.5, 0.6) is 0 Å². The Hall–Kier alpha value is -1.09. The zero-order valence-corrected chi connectivity index (χ0v) is 13.3. The topological polar surface area (TPSA) is 28.2 Å². The second-order valence-electron chi connectivity index (χ2n) is 6.00. The van der Waals surface area contributed by atoms with E-state index in [-0.39, 0.29) is 0 Å². The van der Waals surface area contributed by atoms with Gasteiger partial charge >= 0.3 is 0 Å². The van der Waals surface area contributed by atoms with Gasteiger partial charge in [0.1, 0.15) is 5.82 Å². The van der Waals surface area contributed by atoms with Crippen molar-refractivity contribution in [3.05, 3.63) is 23.4 Å². The van der Waals surface area contributed by atoms with Crippen LogP contribution in [0.1, 0.15) is 50.7 Å². The SMILES string of the molecule is CCCNCc1cnc(N2CCC(CC)CC2)c(C)c1. The predicted molar refractivity (Wildman–Crippen MR) is 86.2 cm³/mol. The van der Waals surface area contributed by atoms with Crippen molar-refractivity contribution in [2.24, 2.45) is 5.92 Å². The summed E-state index contributed by atoms with van der Waals surface area (Å²) in [5.74, 6) is 2.11. The Balaban J connectivity index is 1.95. The van der Waals surface area contributed by atoms with Gasteiger partial charge in [-0.1, -0.05) is 20.3 Å². The summed E-state index contributed by atoms with van der Waals surface area (Å²) in [7, 11) is 0. The fourth-order valence-electron chi connectivity index (χ4n) is 3.02. The van der Waals surface area contributed by atoms with Crippen LogP contribution in [0.4, 0.5) is 5.82 Å². The number of aromatic nitrogens is 1. The molecule has 0 unspecified atom stereocenters. The van der Waals surface area contributed by atoms with Crippen molar-refractivity contribution in [2.45, 2.75) is 53.0 Å². The van der Waals surface area contributed by atoms with E-state index in [0.717, 1.165) is 19.0 Å². The number of aryl methyl sites for hydroxylation is 1. The lowest BCUT2D eigenvalue weighted by Crippen LogP contribution is -2.34. The van der Waals surface area contributed by atoms with Crippen LogP contribution >= 0.6 is 0 Å². The van der Waals surface area contributed by atoms with Crippen LogP contribution in [0.3, 0.4) is 0 Å². The molecule has 0 bridgehead atoms. The highest BCUT2D eigenvalue weighted by Crippen LogP contribution is 2.26. The number of anilines is 1. The third-order valence-corrected chi connectivity index (χ3v) is 4.35. The number of pyridine rings is 1. The van der Waals surface area contributed by atoms with Gasteiger partial charge in [-0.3, -0.25) is 0 Å². The van der Waals surface area contributed by atoms with Gasteiger partial charge in [-0.2, -0.15) is 0 Å². The molecule has 2 heterocycles. The maximum absolute atomic E-state index is 4.72. The van der Waals surface area contributed by atoms with Crippen LogP contribution < -0.4 is 10.2 Å². The summed E-state index contributed by atoms with van der Waals surface area (Å²) in [5, 5.41) is 3.44. The highest BCUT2D eigenvalue weighted by Gasteiger charge is 2.19. The fraction of sp³-hybridized carbons (Fsp3) is 0.706. The molecule has 2 rings (SSSR count). The third-order valence-electron chi connectivity index (χ3n) is 4.35. The van der Waals surface area contributed by atoms with E-state index in [1.54, 1.807) is 0 Å². The van der Waals surface area contributed by atoms with Crippen molar-refractivity contribution < 1.29 is 0 Å². The van der Waals surface area contributed by atoms with Crippen LogP contribution in [-0.2, 0) is 6.54 Å². The van der Waals surface area contributed by atoms with E-state index < -0.39 is 0 Å². The second kappa shape index (κ2) is 7.63. The minimum atomic E-state index is 0.920. The average molecular weight is 275 g/mol. The molecule has 1 aliphatic rings. The van der Waals surface area contributed by atoms with E-state index in [4.69, 9.17) is 4.98 Å². The van der Waals surface area contributed by atoms with Gasteiger partial charge in [0.05, 0.1) is 0 Å². The van der Waals surface area contributed by atoms with Crippen LogP contribution in [-0.4, -0.2) is 24.6 Å². The first kappa shape index (κ1) is 15.3. The van der Waals surface area contributed by atoms with E-state index in [1.807, 2.05) is 6.20 Å². The van der Waals surface area contributed by atoms with Crippen molar-refractivity contribution in [1.82, 2.24) is 10.3 Å². The monoisotopic (exact) mass is 275 g/mol. The first-order valence-corrected chi connectivity index (χ1v) is 8.15. The smallest absolute Gasteiger partial charge is 0.131 e. The zero-order chi connectivity index (χ0) is 14.4. The molecule has 1 N–H and O–H groups in total. The van der Waals surface area contributed by atoms with Gasteiger partial charge in [-0.15, -0.1) is 0 Å². The van der Waals surface area contributed by atoms with Crippen LogP contribution in [0.25, 0.3) is 0 Å². The van der Waals surface area contributed by atoms with Crippen LogP contribution in [0.15, 0.2) is 12.3 Å². The largest absolute Gasteiger partial charge is 0.356 e. The molecule has 0 amide bonds. The molecule has 3 nitrogen and oxygen atoms in total. The minimum Gasteiger partial charge on any atom is -0.356 e. The third kappa shape index (κ3) is 3.95. The average Bonchev–Trinajstić information content (AvgIpc) is 2.48. The molecular weight excluding hydrogens is 246 g/mol. The van der Waals surface area contributed by atoms with Crippen molar-refractivity contribution in [2.75, 3.05) is 24.5 Å². The van der Waals surface area contributed by atoms with Crippen molar-refractivity contribution in [3.63, 3.8) is 0 Å². The van der Waals surface area contributed by atoms with E-state index in [1.165, 1.54) is 55.7 Å². The second-order valence-corrected chi connectivity index (χ2v) is 6.00. The molecule has 1 aromatic heterocycles. The van der Waals surface area contributed by atoms with Crippen LogP contribution in [0.2, 0.25) is 0 Å². The van der Waals surface area contributed by atoms with Crippen LogP contribution in [0, 0.1) is 12.8 Å². The minimum absolute atomic E-state index is 0.920. The molecule has 1 aromatic rings. The lowest BCUT2D eigenvalue weighted by Gasteiger charge is -2.33. The van der Waals surface area contributed by atoms with E-state index in [2.05, 4.69) is 37.1 Å². The zero-order valence-electron chi connectivity index (χ0n) is 13.3. The Morgan fingerprint density at radius 1 is 1.30 bits per heavy atom. The van der Waals surface area contributed by atoms with Gasteiger partial charge in [-0.05, 0) is 55.8 Å². The molecule has 3 heteroatoms. The van der Waals surface area contributed by atoms with Gasteiger partial charge in [0, 0.05) is 25.8 Å². The van der Waals surface area contributed by atoms with Gasteiger partial charge in [0.25, 0.3) is 0 Å². The molecule has 1 saturated heterocycles. The van der Waals surface area contributed by atoms with E-state index >= 15 is 0 Å². The highest BCUT2D eigenvalue weighted by molar-refractivity contribution is 5.47. The van der Waals surface area contributed by atoms with E-state index in [0.29, 0.717) is 0 Å². The summed E-state index contributed by atoms with van der Waals surface area (Å²) < 4.78 is 0. The first-order valence-electron chi connectivity index (χ1n) is 8.15. The number of rotatable bonds is 6. The molecule has 0 spiro atoms. The molecule has 112 valence electrons. The molecule has 0 atom stereocenters. The van der Waals surface area contributed by atoms with Crippen molar-refractivity contribution in [3.8, 4) is 0 Å². The number of hydrogen-bond donors (Lipinski definition) is 1. The van der Waals surface area contributed by atoms with Gasteiger partial charge in [0.2, 0.25) is 0 Å². The maximum Gasteiger partial charge on any atom is 0.131 e. The van der Waals surface area contributed by atoms with Crippen molar-refractivity contribution in [1.29, 1.82) is 0 Å². The number of hydrogen-bond acceptors (Lipinski definition) is 3. The standard InChI is InChI=1S/C17H29N3/c1-4-8-18-12-16-11-14(3)17(19-13-16)20-9-6-15(5-2)7-10-20/h11,13,15,18H,4-10,12H2,1-3H3. The molecule has 1 aliphatic heterocycles. The Morgan fingerprint density at radius 2 is 2.05 bits per heavy atom. The van der Waals surface area contributed by atoms with Crippen molar-refractivity contribution >= 4 is 5.82 Å². The molecule has 0 aliphatic carbocycles. The highest BCUT2D eigenvalue weighted by atomic mass is 15.2. The Morgan fingerprint density at radius 3 is 2.65 bits per heavy atom. The molecule has 0 saturated carbocycles. The first-order chi connectivity index (χ1) is 9.74. The summed E-state index contributed by atoms with van der Waals surface area (Å²) in [6.07, 6.45) is 7.17. The Bertz CT molecular complexity index is 409. The maximum atomic E-state index is 4.72. The van der Waals surface area contributed by atoms with Gasteiger partial charge in [-0.25, -0.2) is 4.98 Å². The predicted octanol–water partition coefficient (Wildman–Crippen LogP) is 3.52. The lowest BCUT2D eigenvalue weighted by molar-refractivity contribution is 0.393. The Labute approximate surface area is 123 Å². The van der Waals surface area contributed by atoms with Gasteiger partial charge in [0.15, 0.2) is 0 Å². The molecule has 20 heavy (non-hydrogen) atoms. The molecule has 0 radical (unpaired) electrons. The number of nitrogens with zero attached hydrogens (tertiary/aromatic N) is 2. The lowest BCUT2D eigenvalue weighted by atomic mass is 9.94. The fourth-order valence-corrected chi connectivity index (χ4v) is 3.02. The van der Waals surface area contributed by atoms with Gasteiger partial charge < -0.3 is 10.2 Å².